The van der Waals surface area contributed by atoms with Crippen molar-refractivity contribution in [2.75, 3.05) is 19.5 Å². The van der Waals surface area contributed by atoms with Crippen molar-refractivity contribution in [2.24, 2.45) is 11.7 Å². The van der Waals surface area contributed by atoms with Crippen LogP contribution in [0.4, 0.5) is 5.69 Å². The molecule has 0 fully saturated rings. The maximum atomic E-state index is 12.0. The van der Waals surface area contributed by atoms with E-state index in [1.165, 1.54) is 32.4 Å². The summed E-state index contributed by atoms with van der Waals surface area (Å²) in [4.78, 5) is 35.3. The lowest BCUT2D eigenvalue weighted by atomic mass is 10.0. The van der Waals surface area contributed by atoms with Crippen LogP contribution in [0.25, 0.3) is 0 Å². The molecule has 1 atom stereocenters. The summed E-state index contributed by atoms with van der Waals surface area (Å²) in [5.41, 5.74) is 6.28. The molecule has 3 N–H and O–H groups in total. The second-order valence-corrected chi connectivity index (χ2v) is 5.04. The van der Waals surface area contributed by atoms with Gasteiger partial charge in [0.2, 0.25) is 5.91 Å². The molecule has 0 bridgehead atoms. The van der Waals surface area contributed by atoms with Crippen molar-refractivity contribution in [3.8, 4) is 0 Å². The number of carbonyl (C=O) groups excluding carboxylic acids is 3. The first-order valence-corrected chi connectivity index (χ1v) is 6.68. The number of rotatable bonds is 5. The molecular formula is C15H20N2O5. The first-order chi connectivity index (χ1) is 10.3. The lowest BCUT2D eigenvalue weighted by Crippen LogP contribution is -2.39. The van der Waals surface area contributed by atoms with Gasteiger partial charge >= 0.3 is 11.9 Å². The van der Waals surface area contributed by atoms with Gasteiger partial charge in [0.15, 0.2) is 0 Å². The van der Waals surface area contributed by atoms with Gasteiger partial charge in [0, 0.05) is 5.69 Å². The number of carbonyl (C=O) groups is 3. The van der Waals surface area contributed by atoms with Gasteiger partial charge in [-0.1, -0.05) is 13.8 Å². The minimum absolute atomic E-state index is 0.0520. The summed E-state index contributed by atoms with van der Waals surface area (Å²) >= 11 is 0. The minimum Gasteiger partial charge on any atom is -0.465 e. The Labute approximate surface area is 128 Å². The van der Waals surface area contributed by atoms with Crippen molar-refractivity contribution in [2.45, 2.75) is 19.9 Å². The average Bonchev–Trinajstić information content (AvgIpc) is 2.51. The topological polar surface area (TPSA) is 108 Å². The van der Waals surface area contributed by atoms with E-state index in [0.29, 0.717) is 0 Å². The number of hydrogen-bond acceptors (Lipinski definition) is 6. The standard InChI is InChI=1S/C15H20N2O5/c1-8(2)12(16)13(18)17-11-6-9(14(19)21-3)5-10(7-11)15(20)22-4/h5-8,12H,16H2,1-4H3,(H,17,18). The van der Waals surface area contributed by atoms with Gasteiger partial charge in [0.25, 0.3) is 0 Å². The fourth-order valence-electron chi connectivity index (χ4n) is 1.70. The Morgan fingerprint density at radius 2 is 1.45 bits per heavy atom. The van der Waals surface area contributed by atoms with Crippen LogP contribution in [0.3, 0.4) is 0 Å². The van der Waals surface area contributed by atoms with Crippen LogP contribution in [0.2, 0.25) is 0 Å². The van der Waals surface area contributed by atoms with E-state index in [0.717, 1.165) is 0 Å². The molecule has 1 aromatic carbocycles. The van der Waals surface area contributed by atoms with Crippen molar-refractivity contribution < 1.29 is 23.9 Å². The predicted octanol–water partition coefficient (Wildman–Crippen LogP) is 1.18. The smallest absolute Gasteiger partial charge is 0.337 e. The van der Waals surface area contributed by atoms with Crippen molar-refractivity contribution >= 4 is 23.5 Å². The summed E-state index contributed by atoms with van der Waals surface area (Å²) in [6.45, 7) is 3.63. The molecule has 1 unspecified atom stereocenters. The molecule has 1 rings (SSSR count). The summed E-state index contributed by atoms with van der Waals surface area (Å²) in [5, 5.41) is 2.58. The second kappa shape index (κ2) is 7.56. The number of anilines is 1. The lowest BCUT2D eigenvalue weighted by molar-refractivity contribution is -0.118. The van der Waals surface area contributed by atoms with Gasteiger partial charge in [0.05, 0.1) is 31.4 Å². The Bertz CT molecular complexity index is 549. The summed E-state index contributed by atoms with van der Waals surface area (Å²) < 4.78 is 9.24. The van der Waals surface area contributed by atoms with Crippen LogP contribution in [-0.2, 0) is 14.3 Å². The Kier molecular flexibility index (Phi) is 6.06. The summed E-state index contributed by atoms with van der Waals surface area (Å²) in [7, 11) is 2.44. The summed E-state index contributed by atoms with van der Waals surface area (Å²) in [6, 6.07) is 3.44. The van der Waals surface area contributed by atoms with E-state index < -0.39 is 23.9 Å². The molecule has 0 aromatic heterocycles. The number of methoxy groups -OCH3 is 2. The molecule has 7 nitrogen and oxygen atoms in total. The van der Waals surface area contributed by atoms with E-state index in [9.17, 15) is 14.4 Å². The molecule has 1 aromatic rings. The third-order valence-electron chi connectivity index (χ3n) is 3.06. The highest BCUT2D eigenvalue weighted by Gasteiger charge is 2.19. The Morgan fingerprint density at radius 3 is 1.82 bits per heavy atom. The van der Waals surface area contributed by atoms with Gasteiger partial charge < -0.3 is 20.5 Å². The fraction of sp³-hybridized carbons (Fsp3) is 0.400. The number of nitrogens with two attached hydrogens (primary N) is 1. The van der Waals surface area contributed by atoms with Crippen molar-refractivity contribution in [1.29, 1.82) is 0 Å². The van der Waals surface area contributed by atoms with Crippen LogP contribution < -0.4 is 11.1 Å². The lowest BCUT2D eigenvalue weighted by Gasteiger charge is -2.16. The Morgan fingerprint density at radius 1 is 1.00 bits per heavy atom. The van der Waals surface area contributed by atoms with Crippen molar-refractivity contribution in [1.82, 2.24) is 0 Å². The van der Waals surface area contributed by atoms with E-state index in [-0.39, 0.29) is 22.7 Å². The molecule has 120 valence electrons. The number of ether oxygens (including phenoxy) is 2. The maximum Gasteiger partial charge on any atom is 0.337 e. The Balaban J connectivity index is 3.15. The molecule has 1 amide bonds. The van der Waals surface area contributed by atoms with Gasteiger partial charge in [0.1, 0.15) is 0 Å². The van der Waals surface area contributed by atoms with Crippen molar-refractivity contribution in [3.05, 3.63) is 29.3 Å². The average molecular weight is 308 g/mol. The van der Waals surface area contributed by atoms with Gasteiger partial charge in [-0.2, -0.15) is 0 Å². The molecule has 0 spiro atoms. The van der Waals surface area contributed by atoms with Crippen LogP contribution in [0.1, 0.15) is 34.6 Å². The predicted molar refractivity (Wildman–Crippen MR) is 80.6 cm³/mol. The number of esters is 2. The molecule has 0 saturated carbocycles. The highest BCUT2D eigenvalue weighted by molar-refractivity contribution is 6.00. The minimum atomic E-state index is -0.705. The maximum absolute atomic E-state index is 12.0. The van der Waals surface area contributed by atoms with Gasteiger partial charge in [-0.3, -0.25) is 4.79 Å². The SMILES string of the molecule is COC(=O)c1cc(NC(=O)C(N)C(C)C)cc(C(=O)OC)c1. The van der Waals surface area contributed by atoms with Crippen LogP contribution in [0, 0.1) is 5.92 Å². The van der Waals surface area contributed by atoms with E-state index >= 15 is 0 Å². The Hall–Kier alpha value is -2.41. The fourth-order valence-corrected chi connectivity index (χ4v) is 1.70. The molecule has 0 saturated heterocycles. The van der Waals surface area contributed by atoms with Gasteiger partial charge in [-0.25, -0.2) is 9.59 Å². The highest BCUT2D eigenvalue weighted by Crippen LogP contribution is 2.17. The number of nitrogens with one attached hydrogen (secondary N) is 1. The monoisotopic (exact) mass is 308 g/mol. The van der Waals surface area contributed by atoms with Crippen LogP contribution in [0.15, 0.2) is 18.2 Å². The molecule has 0 aliphatic rings. The van der Waals surface area contributed by atoms with Gasteiger partial charge in [-0.15, -0.1) is 0 Å². The first kappa shape index (κ1) is 17.6. The van der Waals surface area contributed by atoms with Crippen molar-refractivity contribution in [3.63, 3.8) is 0 Å². The summed E-state index contributed by atoms with van der Waals surface area (Å²) in [6.07, 6.45) is 0. The number of hydrogen-bond donors (Lipinski definition) is 2. The molecule has 7 heteroatoms. The zero-order valence-electron chi connectivity index (χ0n) is 13.0. The zero-order chi connectivity index (χ0) is 16.9. The van der Waals surface area contributed by atoms with E-state index in [1.54, 1.807) is 0 Å². The molecule has 0 aliphatic carbocycles. The zero-order valence-corrected chi connectivity index (χ0v) is 13.0. The normalized spacial score (nSPS) is 11.7. The van der Waals surface area contributed by atoms with Crippen LogP contribution in [-0.4, -0.2) is 38.1 Å². The highest BCUT2D eigenvalue weighted by atomic mass is 16.5. The van der Waals surface area contributed by atoms with E-state index in [2.05, 4.69) is 14.8 Å². The second-order valence-electron chi connectivity index (χ2n) is 5.04. The van der Waals surface area contributed by atoms with Crippen LogP contribution >= 0.6 is 0 Å². The first-order valence-electron chi connectivity index (χ1n) is 6.68. The third-order valence-corrected chi connectivity index (χ3v) is 3.06. The van der Waals surface area contributed by atoms with Gasteiger partial charge in [-0.05, 0) is 24.1 Å². The molecule has 22 heavy (non-hydrogen) atoms. The molecule has 0 heterocycles. The number of amides is 1. The molecular weight excluding hydrogens is 288 g/mol. The van der Waals surface area contributed by atoms with E-state index in [4.69, 9.17) is 5.73 Å². The molecule has 0 aliphatic heterocycles. The largest absolute Gasteiger partial charge is 0.465 e. The number of benzene rings is 1. The third kappa shape index (κ3) is 4.29. The van der Waals surface area contributed by atoms with E-state index in [1.807, 2.05) is 13.8 Å². The quantitative estimate of drug-likeness (QED) is 0.791. The van der Waals surface area contributed by atoms with Crippen LogP contribution in [0.5, 0.6) is 0 Å². The molecule has 0 radical (unpaired) electrons. The summed E-state index contributed by atoms with van der Waals surface area (Å²) in [5.74, 6) is -1.72.